The molecule has 0 spiro atoms. The molecule has 146 valence electrons. The number of benzene rings is 1. The molecule has 1 aliphatic heterocycles. The summed E-state index contributed by atoms with van der Waals surface area (Å²) in [5.74, 6) is 0.832. The lowest BCUT2D eigenvalue weighted by atomic mass is 10.1. The van der Waals surface area contributed by atoms with E-state index in [4.69, 9.17) is 9.47 Å². The molecule has 8 heteroatoms. The van der Waals surface area contributed by atoms with Gasteiger partial charge in [0.15, 0.2) is 0 Å². The van der Waals surface area contributed by atoms with Crippen molar-refractivity contribution in [2.45, 2.75) is 19.5 Å². The minimum Gasteiger partial charge on any atom is -0.497 e. The Labute approximate surface area is 151 Å². The maximum absolute atomic E-state index is 12.8. The molecule has 5 nitrogen and oxygen atoms in total. The van der Waals surface area contributed by atoms with Gasteiger partial charge in [-0.1, -0.05) is 6.92 Å². The predicted octanol–water partition coefficient (Wildman–Crippen LogP) is 3.05. The zero-order chi connectivity index (χ0) is 19.3. The van der Waals surface area contributed by atoms with Crippen molar-refractivity contribution in [3.05, 3.63) is 23.8 Å². The van der Waals surface area contributed by atoms with Crippen molar-refractivity contribution >= 4 is 5.91 Å². The lowest BCUT2D eigenvalue weighted by Crippen LogP contribution is -2.38. The van der Waals surface area contributed by atoms with E-state index in [0.717, 1.165) is 0 Å². The second-order valence-corrected chi connectivity index (χ2v) is 6.41. The Kier molecular flexibility index (Phi) is 6.75. The van der Waals surface area contributed by atoms with Crippen molar-refractivity contribution in [2.75, 3.05) is 46.9 Å². The van der Waals surface area contributed by atoms with Gasteiger partial charge in [-0.25, -0.2) is 0 Å². The van der Waals surface area contributed by atoms with Crippen LogP contribution in [-0.4, -0.2) is 68.8 Å². The highest BCUT2D eigenvalue weighted by atomic mass is 19.4. The quantitative estimate of drug-likeness (QED) is 0.736. The fourth-order valence-electron chi connectivity index (χ4n) is 3.24. The van der Waals surface area contributed by atoms with Crippen LogP contribution in [0.5, 0.6) is 11.5 Å². The number of hydrogen-bond donors (Lipinski definition) is 0. The first-order chi connectivity index (χ1) is 12.3. The standard InChI is InChI=1S/C18H25F3N2O3/c1-4-22(12-18(19,20)21)10-13-7-8-23(11-13)17(24)15-9-14(25-2)5-6-16(15)26-3/h5-6,9,13H,4,7-8,10-12H2,1-3H3. The van der Waals surface area contributed by atoms with Crippen LogP contribution in [0.25, 0.3) is 0 Å². The average molecular weight is 374 g/mol. The van der Waals surface area contributed by atoms with Crippen molar-refractivity contribution in [1.29, 1.82) is 0 Å². The SMILES string of the molecule is CCN(CC1CCN(C(=O)c2cc(OC)ccc2OC)C1)CC(F)(F)F. The van der Waals surface area contributed by atoms with Gasteiger partial charge in [0, 0.05) is 19.6 Å². The third-order valence-electron chi connectivity index (χ3n) is 4.58. The molecule has 1 unspecified atom stereocenters. The average Bonchev–Trinajstić information content (AvgIpc) is 3.07. The van der Waals surface area contributed by atoms with E-state index < -0.39 is 12.7 Å². The number of hydrogen-bond acceptors (Lipinski definition) is 4. The van der Waals surface area contributed by atoms with Crippen LogP contribution in [0, 0.1) is 5.92 Å². The van der Waals surface area contributed by atoms with Gasteiger partial charge in [-0.3, -0.25) is 9.69 Å². The highest BCUT2D eigenvalue weighted by Crippen LogP contribution is 2.28. The summed E-state index contributed by atoms with van der Waals surface area (Å²) in [4.78, 5) is 15.9. The molecule has 2 rings (SSSR count). The molecular formula is C18H25F3N2O3. The van der Waals surface area contributed by atoms with Gasteiger partial charge in [-0.15, -0.1) is 0 Å². The Bertz CT molecular complexity index is 622. The van der Waals surface area contributed by atoms with E-state index in [1.165, 1.54) is 19.1 Å². The van der Waals surface area contributed by atoms with E-state index in [-0.39, 0.29) is 11.8 Å². The molecule has 0 aromatic heterocycles. The minimum absolute atomic E-state index is 0.0258. The van der Waals surface area contributed by atoms with Crippen LogP contribution in [0.1, 0.15) is 23.7 Å². The van der Waals surface area contributed by atoms with Gasteiger partial charge in [-0.2, -0.15) is 13.2 Å². The summed E-state index contributed by atoms with van der Waals surface area (Å²) in [6, 6.07) is 5.00. The fraction of sp³-hybridized carbons (Fsp3) is 0.611. The normalized spacial score (nSPS) is 17.7. The molecule has 26 heavy (non-hydrogen) atoms. The van der Waals surface area contributed by atoms with Gasteiger partial charge in [0.1, 0.15) is 11.5 Å². The van der Waals surface area contributed by atoms with Gasteiger partial charge in [-0.05, 0) is 37.1 Å². The molecule has 0 N–H and O–H groups in total. The second kappa shape index (κ2) is 8.62. The summed E-state index contributed by atoms with van der Waals surface area (Å²) >= 11 is 0. The summed E-state index contributed by atoms with van der Waals surface area (Å²) in [5.41, 5.74) is 0.398. The molecule has 1 aliphatic rings. The van der Waals surface area contributed by atoms with Gasteiger partial charge < -0.3 is 14.4 Å². The second-order valence-electron chi connectivity index (χ2n) is 6.41. The zero-order valence-corrected chi connectivity index (χ0v) is 15.3. The number of alkyl halides is 3. The number of ether oxygens (including phenoxy) is 2. The van der Waals surface area contributed by atoms with Crippen LogP contribution in [0.4, 0.5) is 13.2 Å². The number of carbonyl (C=O) groups is 1. The van der Waals surface area contributed by atoms with E-state index in [9.17, 15) is 18.0 Å². The number of nitrogens with zero attached hydrogens (tertiary/aromatic N) is 2. The first-order valence-corrected chi connectivity index (χ1v) is 8.57. The van der Waals surface area contributed by atoms with E-state index in [2.05, 4.69) is 0 Å². The molecule has 0 saturated carbocycles. The Morgan fingerprint density at radius 3 is 2.62 bits per heavy atom. The summed E-state index contributed by atoms with van der Waals surface area (Å²) in [6.45, 7) is 2.41. The van der Waals surface area contributed by atoms with E-state index in [0.29, 0.717) is 49.7 Å². The molecule has 1 heterocycles. The lowest BCUT2D eigenvalue weighted by molar-refractivity contribution is -0.146. The van der Waals surface area contributed by atoms with Gasteiger partial charge in [0.05, 0.1) is 26.3 Å². The largest absolute Gasteiger partial charge is 0.497 e. The van der Waals surface area contributed by atoms with E-state index >= 15 is 0 Å². The molecular weight excluding hydrogens is 349 g/mol. The molecule has 0 bridgehead atoms. The minimum atomic E-state index is -4.21. The third kappa shape index (κ3) is 5.27. The molecule has 1 aromatic rings. The fourth-order valence-corrected chi connectivity index (χ4v) is 3.24. The maximum atomic E-state index is 12.8. The van der Waals surface area contributed by atoms with Crippen molar-refractivity contribution in [3.63, 3.8) is 0 Å². The van der Waals surface area contributed by atoms with Gasteiger partial charge in [0.2, 0.25) is 0 Å². The Morgan fingerprint density at radius 1 is 1.31 bits per heavy atom. The summed E-state index contributed by atoms with van der Waals surface area (Å²) < 4.78 is 48.3. The monoisotopic (exact) mass is 374 g/mol. The van der Waals surface area contributed by atoms with Crippen LogP contribution in [0.3, 0.4) is 0 Å². The molecule has 1 saturated heterocycles. The highest BCUT2D eigenvalue weighted by molar-refractivity contribution is 5.97. The highest BCUT2D eigenvalue weighted by Gasteiger charge is 2.34. The molecule has 1 fully saturated rings. The van der Waals surface area contributed by atoms with Crippen molar-refractivity contribution in [3.8, 4) is 11.5 Å². The summed E-state index contributed by atoms with van der Waals surface area (Å²) in [5, 5.41) is 0. The van der Waals surface area contributed by atoms with Gasteiger partial charge in [0.25, 0.3) is 5.91 Å². The first-order valence-electron chi connectivity index (χ1n) is 8.57. The number of methoxy groups -OCH3 is 2. The summed E-state index contributed by atoms with van der Waals surface area (Å²) in [7, 11) is 3.00. The van der Waals surface area contributed by atoms with Gasteiger partial charge >= 0.3 is 6.18 Å². The van der Waals surface area contributed by atoms with E-state index in [1.54, 1.807) is 30.0 Å². The van der Waals surface area contributed by atoms with Crippen LogP contribution in [0.2, 0.25) is 0 Å². The lowest BCUT2D eigenvalue weighted by Gasteiger charge is -2.25. The third-order valence-corrected chi connectivity index (χ3v) is 4.58. The van der Waals surface area contributed by atoms with E-state index in [1.807, 2.05) is 0 Å². The van der Waals surface area contributed by atoms with Crippen LogP contribution in [0.15, 0.2) is 18.2 Å². The Hall–Kier alpha value is -1.96. The van der Waals surface area contributed by atoms with Crippen LogP contribution < -0.4 is 9.47 Å². The first kappa shape index (κ1) is 20.4. The smallest absolute Gasteiger partial charge is 0.401 e. The Morgan fingerprint density at radius 2 is 2.04 bits per heavy atom. The van der Waals surface area contributed by atoms with Crippen LogP contribution in [-0.2, 0) is 0 Å². The predicted molar refractivity (Wildman–Crippen MR) is 91.7 cm³/mol. The van der Waals surface area contributed by atoms with Crippen molar-refractivity contribution in [2.24, 2.45) is 5.92 Å². The van der Waals surface area contributed by atoms with Crippen LogP contribution >= 0.6 is 0 Å². The summed E-state index contributed by atoms with van der Waals surface area (Å²) in [6.07, 6.45) is -3.52. The topological polar surface area (TPSA) is 42.0 Å². The molecule has 1 atom stereocenters. The number of likely N-dealkylation sites (tertiary alicyclic amines) is 1. The molecule has 0 radical (unpaired) electrons. The Balaban J connectivity index is 2.03. The maximum Gasteiger partial charge on any atom is 0.401 e. The number of rotatable bonds is 7. The zero-order valence-electron chi connectivity index (χ0n) is 15.3. The molecule has 0 aliphatic carbocycles. The molecule has 1 amide bonds. The number of carbonyl (C=O) groups excluding carboxylic acids is 1. The molecule has 1 aromatic carbocycles. The van der Waals surface area contributed by atoms with Crippen molar-refractivity contribution in [1.82, 2.24) is 9.80 Å². The number of amides is 1. The van der Waals surface area contributed by atoms with Crippen molar-refractivity contribution < 1.29 is 27.4 Å². The number of halogens is 3.